The van der Waals surface area contributed by atoms with Crippen molar-refractivity contribution in [2.45, 2.75) is 256 Å². The number of rotatable bonds is 0. The first-order valence-corrected chi connectivity index (χ1v) is 35.3. The highest BCUT2D eigenvalue weighted by Crippen LogP contribution is 2.26. The third kappa shape index (κ3) is 57.5. The predicted octanol–water partition coefficient (Wildman–Crippen LogP) is 22.3. The molecule has 0 N–H and O–H groups in total. The minimum Gasteiger partial charge on any atom is -0.261 e. The molecule has 0 saturated carbocycles. The minimum absolute atomic E-state index is 0.792. The lowest BCUT2D eigenvalue weighted by molar-refractivity contribution is 0.875. The van der Waals surface area contributed by atoms with E-state index in [2.05, 4.69) is 147 Å². The van der Waals surface area contributed by atoms with Gasteiger partial charge < -0.3 is 0 Å². The molecule has 0 amide bonds. The quantitative estimate of drug-likeness (QED) is 0.129. The molecule has 0 spiro atoms. The number of fused-ring (bicyclic) bond motifs is 3. The summed E-state index contributed by atoms with van der Waals surface area (Å²) in [6.07, 6.45) is 19.2. The van der Waals surface area contributed by atoms with Crippen LogP contribution in [0, 0.1) is 132 Å². The first kappa shape index (κ1) is 103. The molecule has 11 rings (SSSR count). The number of aryl methyl sites for hydroxylation is 19. The summed E-state index contributed by atoms with van der Waals surface area (Å²) < 4.78 is 0. The fourth-order valence-corrected chi connectivity index (χ4v) is 6.78. The summed E-state index contributed by atoms with van der Waals surface area (Å²) >= 11 is 0. The number of aromatic nitrogens is 17. The SMILES string of the molecule is CC.CC.CC.CC.CC.CC.CC.CC.CC.Cc1cc(C)ncn1.Cc1ccc2c(ccc3cc(C)ccc32)c1.Cc1ccnc(C)n1.Cc1ccnc(C)n1.Cc1cnc(C)cn1.Cc1cnc(C)cn1.Cc1cnc(C)nc1.Cc1cncc(C)n1.Cc1nc(C)nc(C)n1. The van der Waals surface area contributed by atoms with Crippen LogP contribution >= 0.6 is 0 Å². The highest BCUT2D eigenvalue weighted by Gasteiger charge is 2.01. The van der Waals surface area contributed by atoms with Crippen LogP contribution in [0.15, 0.2) is 135 Å². The molecule has 0 aliphatic heterocycles. The van der Waals surface area contributed by atoms with Crippen molar-refractivity contribution in [3.05, 3.63) is 244 Å². The van der Waals surface area contributed by atoms with Gasteiger partial charge in [0.15, 0.2) is 0 Å². The summed E-state index contributed by atoms with van der Waals surface area (Å²) in [7, 11) is 0. The zero-order chi connectivity index (χ0) is 77.9. The van der Waals surface area contributed by atoms with Crippen molar-refractivity contribution in [3.63, 3.8) is 0 Å². The fourth-order valence-electron chi connectivity index (χ4n) is 6.78. The molecule has 546 valence electrons. The number of hydrogen-bond donors (Lipinski definition) is 0. The first-order chi connectivity index (χ1) is 47.4. The second-order valence-electron chi connectivity index (χ2n) is 19.0. The summed E-state index contributed by atoms with van der Waals surface area (Å²) in [5, 5.41) is 5.36. The standard InChI is InChI=1S/C16H14.C6H9N3.7C6H8N2.9C2H6/c1-11-3-7-15-13(9-11)5-6-14-10-12(2)4-8-16(14)15;1-4-7-5(2)9-6(3)8-4;2*1-5-3-8-6(2)4-7-5;1-5-3-7-4-6(2)8-5;1-5-3-6(2)8-4-7-5;1-5-3-7-6(2)8-4-5;2*1-5-3-4-7-6(2)8-5;9*1-2/h3-10H,1-2H3;1-3H3;7*3-4H,1-2H3;9*1-2H3. The lowest BCUT2D eigenvalue weighted by atomic mass is 9.99. The largest absolute Gasteiger partial charge is 0.261 e. The molecule has 0 unspecified atom stereocenters. The van der Waals surface area contributed by atoms with Crippen molar-refractivity contribution in [2.24, 2.45) is 0 Å². The number of nitrogens with zero attached hydrogens (tertiary/aromatic N) is 17. The van der Waals surface area contributed by atoms with Crippen molar-refractivity contribution >= 4 is 21.5 Å². The van der Waals surface area contributed by atoms with Crippen LogP contribution in [0.1, 0.15) is 233 Å². The maximum Gasteiger partial charge on any atom is 0.129 e. The molecule has 0 radical (unpaired) electrons. The second-order valence-corrected chi connectivity index (χ2v) is 19.0. The zero-order valence-electron chi connectivity index (χ0n) is 68.8. The molecule has 0 bridgehead atoms. The van der Waals surface area contributed by atoms with Gasteiger partial charge in [-0.05, 0) is 177 Å². The third-order valence-corrected chi connectivity index (χ3v) is 10.5. The molecule has 11 aromatic rings. The summed E-state index contributed by atoms with van der Waals surface area (Å²) in [4.78, 5) is 67.9. The van der Waals surface area contributed by atoms with Crippen molar-refractivity contribution in [1.82, 2.24) is 84.7 Å². The van der Waals surface area contributed by atoms with Gasteiger partial charge in [0.1, 0.15) is 41.3 Å². The van der Waals surface area contributed by atoms with Crippen LogP contribution in [0.2, 0.25) is 0 Å². The van der Waals surface area contributed by atoms with Crippen molar-refractivity contribution in [3.8, 4) is 0 Å². The molecule has 0 fully saturated rings. The van der Waals surface area contributed by atoms with E-state index in [1.54, 1.807) is 55.9 Å². The van der Waals surface area contributed by atoms with E-state index in [1.807, 2.05) is 273 Å². The van der Waals surface area contributed by atoms with Gasteiger partial charge in [0.25, 0.3) is 0 Å². The Morgan fingerprint density at radius 1 is 0.192 bits per heavy atom. The van der Waals surface area contributed by atoms with Crippen LogP contribution in [-0.2, 0) is 0 Å². The molecule has 99 heavy (non-hydrogen) atoms. The summed E-state index contributed by atoms with van der Waals surface area (Å²) in [5.74, 6) is 4.88. The molecular weight excluding hydrogens is 1220 g/mol. The summed E-state index contributed by atoms with van der Waals surface area (Å²) in [6, 6.07) is 23.4. The van der Waals surface area contributed by atoms with E-state index in [1.165, 1.54) is 32.7 Å². The fraction of sp³-hybridized carbons (Fsp3) is 0.451. The second kappa shape index (κ2) is 70.1. The molecule has 8 heterocycles. The average Bonchev–Trinajstić information content (AvgIpc) is 0.789. The van der Waals surface area contributed by atoms with Gasteiger partial charge in [0.05, 0.1) is 34.2 Å². The molecular formula is C82H133N17. The van der Waals surface area contributed by atoms with Crippen molar-refractivity contribution in [2.75, 3.05) is 0 Å². The Morgan fingerprint density at radius 2 is 0.495 bits per heavy atom. The van der Waals surface area contributed by atoms with Crippen molar-refractivity contribution < 1.29 is 0 Å². The molecule has 0 aliphatic carbocycles. The Hall–Kier alpha value is -9.25. The molecule has 3 aromatic carbocycles. The predicted molar refractivity (Wildman–Crippen MR) is 428 cm³/mol. The van der Waals surface area contributed by atoms with E-state index < -0.39 is 0 Å². The Bertz CT molecular complexity index is 3080. The van der Waals surface area contributed by atoms with Gasteiger partial charge in [0, 0.05) is 84.7 Å². The van der Waals surface area contributed by atoms with Gasteiger partial charge in [-0.25, -0.2) is 54.8 Å². The van der Waals surface area contributed by atoms with E-state index in [0.29, 0.717) is 0 Å². The number of benzene rings is 3. The van der Waals surface area contributed by atoms with Gasteiger partial charge in [0.2, 0.25) is 0 Å². The molecule has 0 saturated heterocycles. The Morgan fingerprint density at radius 3 is 0.707 bits per heavy atom. The minimum atomic E-state index is 0.792. The topological polar surface area (TPSA) is 219 Å². The van der Waals surface area contributed by atoms with Gasteiger partial charge >= 0.3 is 0 Å². The van der Waals surface area contributed by atoms with Crippen molar-refractivity contribution in [1.29, 1.82) is 0 Å². The van der Waals surface area contributed by atoms with Crippen LogP contribution < -0.4 is 0 Å². The average molecular weight is 1360 g/mol. The summed E-state index contributed by atoms with van der Waals surface area (Å²) in [5.41, 5.74) is 13.7. The van der Waals surface area contributed by atoms with Crippen LogP contribution in [-0.4, -0.2) is 84.7 Å². The van der Waals surface area contributed by atoms with E-state index in [9.17, 15) is 0 Å². The summed E-state index contributed by atoms with van der Waals surface area (Å²) in [6.45, 7) is 72.8. The van der Waals surface area contributed by atoms with Gasteiger partial charge in [-0.3, -0.25) is 29.9 Å². The monoisotopic (exact) mass is 1360 g/mol. The van der Waals surface area contributed by atoms with Gasteiger partial charge in [-0.15, -0.1) is 0 Å². The smallest absolute Gasteiger partial charge is 0.129 e. The normalized spacial score (nSPS) is 8.45. The molecule has 8 aromatic heterocycles. The molecule has 17 nitrogen and oxygen atoms in total. The lowest BCUT2D eigenvalue weighted by Gasteiger charge is -2.05. The van der Waals surface area contributed by atoms with Crippen LogP contribution in [0.5, 0.6) is 0 Å². The van der Waals surface area contributed by atoms with E-state index in [-0.39, 0.29) is 0 Å². The van der Waals surface area contributed by atoms with E-state index >= 15 is 0 Å². The van der Waals surface area contributed by atoms with Crippen LogP contribution in [0.3, 0.4) is 0 Å². The molecule has 17 heteroatoms. The van der Waals surface area contributed by atoms with E-state index in [4.69, 9.17) is 0 Å². The van der Waals surface area contributed by atoms with Gasteiger partial charge in [-0.1, -0.05) is 184 Å². The highest BCUT2D eigenvalue weighted by atomic mass is 15.0. The maximum atomic E-state index is 4.11. The van der Waals surface area contributed by atoms with Crippen LogP contribution in [0.25, 0.3) is 21.5 Å². The zero-order valence-corrected chi connectivity index (χ0v) is 68.8. The Kier molecular flexibility index (Phi) is 73.1. The lowest BCUT2D eigenvalue weighted by Crippen LogP contribution is -1.97. The molecule has 0 atom stereocenters. The highest BCUT2D eigenvalue weighted by molar-refractivity contribution is 6.07. The number of hydrogen-bond acceptors (Lipinski definition) is 17. The Balaban J connectivity index is -0.000000189. The van der Waals surface area contributed by atoms with Crippen LogP contribution in [0.4, 0.5) is 0 Å². The first-order valence-electron chi connectivity index (χ1n) is 35.3. The Labute approximate surface area is 603 Å². The van der Waals surface area contributed by atoms with Gasteiger partial charge in [-0.2, -0.15) is 0 Å². The van der Waals surface area contributed by atoms with E-state index in [0.717, 1.165) is 97.4 Å². The third-order valence-electron chi connectivity index (χ3n) is 10.5. The molecule has 0 aliphatic rings. The maximum absolute atomic E-state index is 4.11.